The fraction of sp³-hybridized carbons (Fsp3) is 1.00. The summed E-state index contributed by atoms with van der Waals surface area (Å²) in [4.78, 5) is 0. The second kappa shape index (κ2) is 4.45. The summed E-state index contributed by atoms with van der Waals surface area (Å²) in [5.41, 5.74) is 0. The summed E-state index contributed by atoms with van der Waals surface area (Å²) in [6.45, 7) is 9.00. The summed E-state index contributed by atoms with van der Waals surface area (Å²) < 4.78 is 0. The number of rotatable bonds is 2. The summed E-state index contributed by atoms with van der Waals surface area (Å²) in [7, 11) is 0. The first kappa shape index (κ1) is 11.0. The van der Waals surface area contributed by atoms with Crippen LogP contribution < -0.4 is 0 Å². The van der Waals surface area contributed by atoms with Gasteiger partial charge < -0.3 is 5.11 Å². The van der Waals surface area contributed by atoms with Gasteiger partial charge in [0.05, 0.1) is 6.10 Å². The summed E-state index contributed by atoms with van der Waals surface area (Å²) >= 11 is 0. The Kier molecular flexibility index (Phi) is 3.78. The zero-order chi connectivity index (χ0) is 10.0. The molecule has 1 aliphatic carbocycles. The molecule has 4 unspecified atom stereocenters. The van der Waals surface area contributed by atoms with E-state index in [1.165, 1.54) is 19.3 Å². The molecule has 13 heavy (non-hydrogen) atoms. The highest BCUT2D eigenvalue weighted by Gasteiger charge is 2.32. The molecule has 1 fully saturated rings. The van der Waals surface area contributed by atoms with Crippen molar-refractivity contribution in [2.45, 2.75) is 53.1 Å². The van der Waals surface area contributed by atoms with Gasteiger partial charge in [0, 0.05) is 0 Å². The van der Waals surface area contributed by atoms with Crippen molar-refractivity contribution in [3.63, 3.8) is 0 Å². The molecule has 1 N–H and O–H groups in total. The molecule has 1 saturated carbocycles. The van der Waals surface area contributed by atoms with Crippen LogP contribution in [0.2, 0.25) is 0 Å². The van der Waals surface area contributed by atoms with Crippen LogP contribution in [0.25, 0.3) is 0 Å². The lowest BCUT2D eigenvalue weighted by atomic mass is 9.72. The second-order valence-electron chi connectivity index (χ2n) is 5.43. The molecule has 1 rings (SSSR count). The van der Waals surface area contributed by atoms with Crippen LogP contribution in [0.4, 0.5) is 0 Å². The lowest BCUT2D eigenvalue weighted by molar-refractivity contribution is -0.00145. The molecule has 0 amide bonds. The number of hydrogen-bond acceptors (Lipinski definition) is 1. The van der Waals surface area contributed by atoms with E-state index in [1.807, 2.05) is 0 Å². The molecule has 0 spiro atoms. The molecule has 1 heteroatoms. The highest BCUT2D eigenvalue weighted by molar-refractivity contribution is 4.83. The van der Waals surface area contributed by atoms with Gasteiger partial charge in [0.2, 0.25) is 0 Å². The van der Waals surface area contributed by atoms with Crippen LogP contribution in [-0.2, 0) is 0 Å². The van der Waals surface area contributed by atoms with E-state index in [0.717, 1.165) is 11.8 Å². The van der Waals surface area contributed by atoms with E-state index in [1.54, 1.807) is 0 Å². The third-order valence-electron chi connectivity index (χ3n) is 3.32. The monoisotopic (exact) mass is 184 g/mol. The normalized spacial score (nSPS) is 41.1. The number of aliphatic hydroxyl groups is 1. The van der Waals surface area contributed by atoms with Crippen molar-refractivity contribution in [1.29, 1.82) is 0 Å². The first-order valence-electron chi connectivity index (χ1n) is 5.68. The first-order valence-corrected chi connectivity index (χ1v) is 5.68. The van der Waals surface area contributed by atoms with Gasteiger partial charge in [-0.3, -0.25) is 0 Å². The van der Waals surface area contributed by atoms with Crippen LogP contribution in [0.15, 0.2) is 0 Å². The highest BCUT2D eigenvalue weighted by atomic mass is 16.3. The van der Waals surface area contributed by atoms with Crippen LogP contribution in [0, 0.1) is 23.7 Å². The number of hydrogen-bond donors (Lipinski definition) is 1. The highest BCUT2D eigenvalue weighted by Crippen LogP contribution is 2.36. The van der Waals surface area contributed by atoms with E-state index < -0.39 is 0 Å². The molecule has 0 radical (unpaired) electrons. The average molecular weight is 184 g/mol. The number of aliphatic hydroxyl groups excluding tert-OH is 1. The Hall–Kier alpha value is -0.0400. The standard InChI is InChI=1S/C12H24O/c1-8(2)5-11-7-9(3)6-10(4)12(11)13/h8-13H,5-7H2,1-4H3. The lowest BCUT2D eigenvalue weighted by Gasteiger charge is -2.37. The van der Waals surface area contributed by atoms with Crippen molar-refractivity contribution in [2.75, 3.05) is 0 Å². The van der Waals surface area contributed by atoms with Gasteiger partial charge in [0.25, 0.3) is 0 Å². The smallest absolute Gasteiger partial charge is 0.0594 e. The van der Waals surface area contributed by atoms with E-state index in [-0.39, 0.29) is 6.10 Å². The second-order valence-corrected chi connectivity index (χ2v) is 5.43. The molecule has 0 bridgehead atoms. The van der Waals surface area contributed by atoms with E-state index in [2.05, 4.69) is 27.7 Å². The predicted octanol–water partition coefficient (Wildman–Crippen LogP) is 3.08. The zero-order valence-electron chi connectivity index (χ0n) is 9.46. The summed E-state index contributed by atoms with van der Waals surface area (Å²) in [5.74, 6) is 2.59. The molecule has 1 nitrogen and oxygen atoms in total. The topological polar surface area (TPSA) is 20.2 Å². The molecule has 0 aromatic heterocycles. The van der Waals surface area contributed by atoms with Crippen molar-refractivity contribution >= 4 is 0 Å². The van der Waals surface area contributed by atoms with Gasteiger partial charge in [-0.15, -0.1) is 0 Å². The Morgan fingerprint density at radius 1 is 1.23 bits per heavy atom. The molecule has 0 aromatic rings. The minimum atomic E-state index is -0.0430. The largest absolute Gasteiger partial charge is 0.393 e. The first-order chi connectivity index (χ1) is 6.00. The van der Waals surface area contributed by atoms with Crippen molar-refractivity contribution in [1.82, 2.24) is 0 Å². The van der Waals surface area contributed by atoms with Crippen LogP contribution in [0.1, 0.15) is 47.0 Å². The van der Waals surface area contributed by atoms with Gasteiger partial charge in [0.1, 0.15) is 0 Å². The van der Waals surface area contributed by atoms with E-state index in [0.29, 0.717) is 11.8 Å². The maximum absolute atomic E-state index is 10.0. The van der Waals surface area contributed by atoms with Gasteiger partial charge in [-0.2, -0.15) is 0 Å². The third kappa shape index (κ3) is 2.98. The molecule has 4 atom stereocenters. The van der Waals surface area contributed by atoms with Crippen LogP contribution >= 0.6 is 0 Å². The maximum atomic E-state index is 10.0. The van der Waals surface area contributed by atoms with Gasteiger partial charge in [-0.05, 0) is 42.9 Å². The molecule has 0 heterocycles. The molecular formula is C12H24O. The SMILES string of the molecule is CC(C)CC1CC(C)CC(C)C1O. The summed E-state index contributed by atoms with van der Waals surface area (Å²) in [5, 5.41) is 10.0. The van der Waals surface area contributed by atoms with Gasteiger partial charge >= 0.3 is 0 Å². The van der Waals surface area contributed by atoms with E-state index in [9.17, 15) is 5.11 Å². The Morgan fingerprint density at radius 2 is 1.85 bits per heavy atom. The summed E-state index contributed by atoms with van der Waals surface area (Å²) in [6.07, 6.45) is 3.58. The summed E-state index contributed by atoms with van der Waals surface area (Å²) in [6, 6.07) is 0. The fourth-order valence-electron chi connectivity index (χ4n) is 2.83. The Morgan fingerprint density at radius 3 is 2.38 bits per heavy atom. The quantitative estimate of drug-likeness (QED) is 0.699. The van der Waals surface area contributed by atoms with Crippen molar-refractivity contribution < 1.29 is 5.11 Å². The maximum Gasteiger partial charge on any atom is 0.0594 e. The van der Waals surface area contributed by atoms with Crippen LogP contribution in [0.5, 0.6) is 0 Å². The molecule has 78 valence electrons. The molecular weight excluding hydrogens is 160 g/mol. The Bertz CT molecular complexity index is 151. The van der Waals surface area contributed by atoms with Crippen molar-refractivity contribution in [2.24, 2.45) is 23.7 Å². The molecule has 0 aliphatic heterocycles. The molecule has 1 aliphatic rings. The van der Waals surface area contributed by atoms with Crippen LogP contribution in [0.3, 0.4) is 0 Å². The van der Waals surface area contributed by atoms with Gasteiger partial charge in [-0.1, -0.05) is 27.7 Å². The zero-order valence-corrected chi connectivity index (χ0v) is 9.46. The van der Waals surface area contributed by atoms with Gasteiger partial charge in [-0.25, -0.2) is 0 Å². The van der Waals surface area contributed by atoms with Crippen molar-refractivity contribution in [3.8, 4) is 0 Å². The fourth-order valence-corrected chi connectivity index (χ4v) is 2.83. The van der Waals surface area contributed by atoms with Gasteiger partial charge in [0.15, 0.2) is 0 Å². The van der Waals surface area contributed by atoms with E-state index >= 15 is 0 Å². The lowest BCUT2D eigenvalue weighted by Crippen LogP contribution is -2.35. The Balaban J connectivity index is 2.50. The minimum absolute atomic E-state index is 0.0430. The Labute approximate surface area is 82.5 Å². The van der Waals surface area contributed by atoms with Crippen molar-refractivity contribution in [3.05, 3.63) is 0 Å². The van der Waals surface area contributed by atoms with Crippen LogP contribution in [-0.4, -0.2) is 11.2 Å². The van der Waals surface area contributed by atoms with E-state index in [4.69, 9.17) is 0 Å². The third-order valence-corrected chi connectivity index (χ3v) is 3.32. The molecule has 0 aromatic carbocycles. The average Bonchev–Trinajstić information content (AvgIpc) is 1.98. The molecule has 0 saturated heterocycles. The predicted molar refractivity (Wildman–Crippen MR) is 56.5 cm³/mol. The minimum Gasteiger partial charge on any atom is -0.393 e.